The summed E-state index contributed by atoms with van der Waals surface area (Å²) in [6.07, 6.45) is 5.42. The summed E-state index contributed by atoms with van der Waals surface area (Å²) in [4.78, 5) is 51.3. The summed E-state index contributed by atoms with van der Waals surface area (Å²) in [6.45, 7) is 16.4. The number of methoxy groups -OCH3 is 1. The molecular formula is C33H46N2O8. The number of carbonyl (C=O) groups excluding carboxylic acids is 4. The number of fused-ring (bicyclic) bond motifs is 1. The highest BCUT2D eigenvalue weighted by Crippen LogP contribution is 2.58. The van der Waals surface area contributed by atoms with E-state index in [1.165, 1.54) is 13.2 Å². The van der Waals surface area contributed by atoms with E-state index in [1.807, 2.05) is 6.08 Å². The first-order valence-electron chi connectivity index (χ1n) is 14.7. The maximum Gasteiger partial charge on any atom is 0.408 e. The summed E-state index contributed by atoms with van der Waals surface area (Å²) >= 11 is 0. The Hall–Kier alpha value is -3.66. The molecule has 0 unspecified atom stereocenters. The molecule has 10 heteroatoms. The van der Waals surface area contributed by atoms with E-state index in [0.717, 1.165) is 12.0 Å². The number of nitrogens with one attached hydrogen (secondary N) is 1. The minimum atomic E-state index is -1.08. The van der Waals surface area contributed by atoms with Crippen LogP contribution in [0.4, 0.5) is 4.79 Å². The second kappa shape index (κ2) is 12.9. The lowest BCUT2D eigenvalue weighted by molar-refractivity contribution is -0.140. The van der Waals surface area contributed by atoms with Crippen LogP contribution in [0.2, 0.25) is 0 Å². The zero-order valence-electron chi connectivity index (χ0n) is 26.9. The number of rotatable bonds is 10. The minimum absolute atomic E-state index is 0.0550. The molecule has 43 heavy (non-hydrogen) atoms. The molecule has 1 fully saturated rings. The van der Waals surface area contributed by atoms with Crippen molar-refractivity contribution in [2.75, 3.05) is 7.11 Å². The molecule has 1 amide bonds. The van der Waals surface area contributed by atoms with Gasteiger partial charge in [-0.1, -0.05) is 53.7 Å². The van der Waals surface area contributed by atoms with Gasteiger partial charge in [0, 0.05) is 5.92 Å². The van der Waals surface area contributed by atoms with Crippen LogP contribution in [0.1, 0.15) is 74.3 Å². The van der Waals surface area contributed by atoms with Gasteiger partial charge >= 0.3 is 18.0 Å². The fraction of sp³-hybridized carbons (Fsp3) is 0.576. The Morgan fingerprint density at radius 3 is 2.12 bits per heavy atom. The molecule has 2 bridgehead atoms. The van der Waals surface area contributed by atoms with Gasteiger partial charge < -0.3 is 30.0 Å². The van der Waals surface area contributed by atoms with E-state index < -0.39 is 35.7 Å². The average Bonchev–Trinajstić information content (AvgIpc) is 2.89. The highest BCUT2D eigenvalue weighted by molar-refractivity contribution is 5.96. The number of nitrogens with two attached hydrogens (primary N) is 1. The topological polar surface area (TPSA) is 143 Å². The summed E-state index contributed by atoms with van der Waals surface area (Å²) in [5.41, 5.74) is 6.69. The van der Waals surface area contributed by atoms with Crippen LogP contribution in [0.15, 0.2) is 29.9 Å². The van der Waals surface area contributed by atoms with E-state index >= 15 is 0 Å². The molecule has 3 N–H and O–H groups in total. The second-order valence-corrected chi connectivity index (χ2v) is 13.6. The van der Waals surface area contributed by atoms with Crippen LogP contribution in [0.3, 0.4) is 0 Å². The maximum absolute atomic E-state index is 13.4. The Morgan fingerprint density at radius 2 is 1.60 bits per heavy atom. The second-order valence-electron chi connectivity index (χ2n) is 13.6. The van der Waals surface area contributed by atoms with Crippen molar-refractivity contribution >= 4 is 29.9 Å². The van der Waals surface area contributed by atoms with E-state index in [9.17, 15) is 19.2 Å². The molecule has 236 valence electrons. The molecule has 1 saturated carbocycles. The third-order valence-corrected chi connectivity index (χ3v) is 8.05. The van der Waals surface area contributed by atoms with E-state index in [1.54, 1.807) is 66.7 Å². The summed E-state index contributed by atoms with van der Waals surface area (Å²) in [5.74, 6) is -1.75. The van der Waals surface area contributed by atoms with Gasteiger partial charge in [0.05, 0.1) is 7.11 Å². The van der Waals surface area contributed by atoms with Crippen LogP contribution in [-0.2, 0) is 19.1 Å². The molecule has 1 aromatic carbocycles. The van der Waals surface area contributed by atoms with Crippen molar-refractivity contribution in [3.63, 3.8) is 0 Å². The number of carbonyl (C=O) groups is 4. The largest absolute Gasteiger partial charge is 0.493 e. The Morgan fingerprint density at radius 1 is 0.977 bits per heavy atom. The Balaban J connectivity index is 1.98. The summed E-state index contributed by atoms with van der Waals surface area (Å²) in [6, 6.07) is 1.16. The third kappa shape index (κ3) is 7.84. The number of allylic oxidation sites excluding steroid dienone is 3. The van der Waals surface area contributed by atoms with Gasteiger partial charge in [-0.3, -0.25) is 4.79 Å². The van der Waals surface area contributed by atoms with E-state index in [0.29, 0.717) is 5.56 Å². The Kier molecular flexibility index (Phi) is 10.2. The van der Waals surface area contributed by atoms with Gasteiger partial charge in [-0.05, 0) is 79.7 Å². The average molecular weight is 599 g/mol. The van der Waals surface area contributed by atoms with E-state index in [4.69, 9.17) is 24.7 Å². The van der Waals surface area contributed by atoms with Crippen molar-refractivity contribution in [1.29, 1.82) is 0 Å². The Labute approximate surface area is 254 Å². The maximum atomic E-state index is 13.4. The number of benzene rings is 1. The van der Waals surface area contributed by atoms with Gasteiger partial charge in [0.2, 0.25) is 5.75 Å². The highest BCUT2D eigenvalue weighted by Gasteiger charge is 2.54. The van der Waals surface area contributed by atoms with Crippen LogP contribution in [-0.4, -0.2) is 48.6 Å². The first-order valence-corrected chi connectivity index (χ1v) is 14.7. The number of ether oxygens (including phenoxy) is 4. The summed E-state index contributed by atoms with van der Waals surface area (Å²) in [7, 11) is 1.39. The molecule has 0 radical (unpaired) electrons. The molecule has 0 aliphatic heterocycles. The molecule has 0 spiro atoms. The molecule has 1 aromatic rings. The summed E-state index contributed by atoms with van der Waals surface area (Å²) in [5, 5.41) is 2.56. The zero-order valence-corrected chi connectivity index (χ0v) is 26.9. The molecule has 4 rings (SSSR count). The van der Waals surface area contributed by atoms with Crippen molar-refractivity contribution in [3.05, 3.63) is 35.4 Å². The van der Waals surface area contributed by atoms with Gasteiger partial charge in [0.1, 0.15) is 17.7 Å². The number of hydrogen-bond acceptors (Lipinski definition) is 9. The fourth-order valence-corrected chi connectivity index (χ4v) is 5.26. The minimum Gasteiger partial charge on any atom is -0.493 e. The normalized spacial score (nSPS) is 20.7. The number of amides is 1. The van der Waals surface area contributed by atoms with Crippen LogP contribution < -0.4 is 25.3 Å². The fourth-order valence-electron chi connectivity index (χ4n) is 5.26. The number of esters is 2. The van der Waals surface area contributed by atoms with Gasteiger partial charge in [0.15, 0.2) is 17.3 Å². The predicted molar refractivity (Wildman–Crippen MR) is 163 cm³/mol. The first kappa shape index (κ1) is 33.8. The summed E-state index contributed by atoms with van der Waals surface area (Å²) < 4.78 is 22.3. The van der Waals surface area contributed by atoms with Crippen molar-refractivity contribution in [2.24, 2.45) is 34.8 Å². The molecule has 3 aliphatic carbocycles. The highest BCUT2D eigenvalue weighted by atomic mass is 16.6. The monoisotopic (exact) mass is 598 g/mol. The quantitative estimate of drug-likeness (QED) is 0.274. The molecular weight excluding hydrogens is 552 g/mol. The number of alkyl carbamates (subject to hydrolysis) is 1. The van der Waals surface area contributed by atoms with Crippen LogP contribution in [0, 0.1) is 29.1 Å². The molecule has 10 nitrogen and oxygen atoms in total. The zero-order chi connectivity index (χ0) is 32.4. The molecule has 4 atom stereocenters. The Bertz CT molecular complexity index is 1320. The first-order chi connectivity index (χ1) is 19.8. The van der Waals surface area contributed by atoms with Crippen LogP contribution >= 0.6 is 0 Å². The lowest BCUT2D eigenvalue weighted by Gasteiger charge is -2.54. The lowest BCUT2D eigenvalue weighted by atomic mass is 9.48. The van der Waals surface area contributed by atoms with Gasteiger partial charge in [-0.2, -0.15) is 0 Å². The smallest absolute Gasteiger partial charge is 0.408 e. The molecule has 0 heterocycles. The van der Waals surface area contributed by atoms with Gasteiger partial charge in [-0.15, -0.1) is 0 Å². The van der Waals surface area contributed by atoms with Crippen LogP contribution in [0.5, 0.6) is 17.2 Å². The van der Waals surface area contributed by atoms with E-state index in [-0.39, 0.29) is 52.1 Å². The standard InChI is InChI=1S/C33H46N2O8/c1-17(2)26(34)29(37)41-25-14-19(11-12-20-15-23(36)22-16-21(20)33(22,8)9)13-24(40-10)28(25)42-30(38)27(18(3)4)35-31(39)43-32(5,6)7/h11-15,17-18,21-22,26-27H,16,34H2,1-10H3,(H,35,39)/b12-11+/t21-,22+,26-,27-/m0/s1. The number of hydrogen-bond donors (Lipinski definition) is 2. The third-order valence-electron chi connectivity index (χ3n) is 8.05. The SMILES string of the molecule is COc1cc(/C=C/C2=CC(=O)[C@H]3C[C@@H]2C3(C)C)cc(OC(=O)[C@@H](N)C(C)C)c1OC(=O)[C@@H](NC(=O)OC(C)(C)C)C(C)C. The molecule has 0 saturated heterocycles. The van der Waals surface area contributed by atoms with Crippen LogP contribution in [0.25, 0.3) is 6.08 Å². The molecule has 0 aromatic heterocycles. The van der Waals surface area contributed by atoms with Crippen molar-refractivity contribution in [3.8, 4) is 17.2 Å². The predicted octanol–water partition coefficient (Wildman–Crippen LogP) is 5.22. The molecule has 3 aliphatic rings. The van der Waals surface area contributed by atoms with E-state index in [2.05, 4.69) is 19.2 Å². The van der Waals surface area contributed by atoms with Crippen molar-refractivity contribution < 1.29 is 38.1 Å². The lowest BCUT2D eigenvalue weighted by Crippen LogP contribution is -2.52. The van der Waals surface area contributed by atoms with Crippen molar-refractivity contribution in [2.45, 2.75) is 86.4 Å². The van der Waals surface area contributed by atoms with Crippen molar-refractivity contribution in [1.82, 2.24) is 5.32 Å². The van der Waals surface area contributed by atoms with Gasteiger partial charge in [0.25, 0.3) is 0 Å². The van der Waals surface area contributed by atoms with Gasteiger partial charge in [-0.25, -0.2) is 14.4 Å². The number of ketones is 1.